The number of halogens is 1. The summed E-state index contributed by atoms with van der Waals surface area (Å²) in [4.78, 5) is 12.3. The molecule has 2 aromatic carbocycles. The minimum Gasteiger partial charge on any atom is -0.267 e. The fraction of sp³-hybridized carbons (Fsp3) is 0. The molecule has 0 spiro atoms. The van der Waals surface area contributed by atoms with Crippen LogP contribution in [0.1, 0.15) is 5.56 Å². The van der Waals surface area contributed by atoms with Crippen LogP contribution in [0.15, 0.2) is 47.3 Å². The molecule has 0 bridgehead atoms. The van der Waals surface area contributed by atoms with Gasteiger partial charge in [-0.3, -0.25) is 4.79 Å². The van der Waals surface area contributed by atoms with E-state index >= 15 is 0 Å². The first kappa shape index (κ1) is 12.0. The highest BCUT2D eigenvalue weighted by Crippen LogP contribution is 2.25. The first-order chi connectivity index (χ1) is 9.20. The van der Waals surface area contributed by atoms with Gasteiger partial charge in [-0.25, -0.2) is 3.96 Å². The van der Waals surface area contributed by atoms with Crippen LogP contribution in [-0.2, 0) is 0 Å². The first-order valence-corrected chi connectivity index (χ1v) is 6.67. The third-order valence-corrected chi connectivity index (χ3v) is 4.19. The molecule has 1 heterocycles. The number of nitrogens with zero attached hydrogens (tertiary/aromatic N) is 2. The quantitative estimate of drug-likeness (QED) is 0.686. The summed E-state index contributed by atoms with van der Waals surface area (Å²) in [5.41, 5.74) is 0.988. The van der Waals surface area contributed by atoms with E-state index in [1.54, 1.807) is 28.2 Å². The summed E-state index contributed by atoms with van der Waals surface area (Å²) in [5, 5.41) is 9.89. The molecule has 92 valence electrons. The number of fused-ring (bicyclic) bond motifs is 1. The van der Waals surface area contributed by atoms with E-state index < -0.39 is 0 Å². The Morgan fingerprint density at radius 2 is 2.00 bits per heavy atom. The van der Waals surface area contributed by atoms with Gasteiger partial charge in [-0.1, -0.05) is 35.3 Å². The minimum absolute atomic E-state index is 0.0905. The molecule has 0 atom stereocenters. The van der Waals surface area contributed by atoms with Gasteiger partial charge in [-0.2, -0.15) is 5.26 Å². The third-order valence-electron chi connectivity index (χ3n) is 2.79. The summed E-state index contributed by atoms with van der Waals surface area (Å²) in [6, 6.07) is 14.3. The van der Waals surface area contributed by atoms with E-state index in [1.165, 1.54) is 11.5 Å². The molecule has 0 amide bonds. The average Bonchev–Trinajstić information content (AvgIpc) is 2.76. The molecule has 0 N–H and O–H groups in total. The van der Waals surface area contributed by atoms with E-state index in [9.17, 15) is 4.79 Å². The van der Waals surface area contributed by atoms with Gasteiger partial charge < -0.3 is 0 Å². The fourth-order valence-electron chi connectivity index (χ4n) is 1.87. The van der Waals surface area contributed by atoms with Crippen molar-refractivity contribution >= 4 is 33.2 Å². The summed E-state index contributed by atoms with van der Waals surface area (Å²) < 4.78 is 2.46. The molecule has 0 aliphatic heterocycles. The number of aromatic nitrogens is 1. The van der Waals surface area contributed by atoms with Crippen LogP contribution >= 0.6 is 23.1 Å². The summed E-state index contributed by atoms with van der Waals surface area (Å²) in [5.74, 6) is 0. The molecular formula is C14H7ClN2OS. The van der Waals surface area contributed by atoms with Crippen LogP contribution in [0.3, 0.4) is 0 Å². The van der Waals surface area contributed by atoms with Crippen LogP contribution in [0.2, 0.25) is 5.02 Å². The van der Waals surface area contributed by atoms with Crippen molar-refractivity contribution in [2.24, 2.45) is 0 Å². The van der Waals surface area contributed by atoms with E-state index in [2.05, 4.69) is 0 Å². The summed E-state index contributed by atoms with van der Waals surface area (Å²) in [7, 11) is 0. The van der Waals surface area contributed by atoms with Gasteiger partial charge in [0.15, 0.2) is 0 Å². The van der Waals surface area contributed by atoms with E-state index in [-0.39, 0.29) is 5.56 Å². The maximum Gasteiger partial charge on any atom is 0.273 e. The highest BCUT2D eigenvalue weighted by atomic mass is 35.5. The molecule has 0 fully saturated rings. The van der Waals surface area contributed by atoms with Crippen molar-refractivity contribution in [1.82, 2.24) is 3.96 Å². The lowest BCUT2D eigenvalue weighted by Crippen LogP contribution is -2.11. The number of nitriles is 1. The Morgan fingerprint density at radius 1 is 1.21 bits per heavy atom. The van der Waals surface area contributed by atoms with Crippen molar-refractivity contribution in [2.45, 2.75) is 0 Å². The molecule has 19 heavy (non-hydrogen) atoms. The van der Waals surface area contributed by atoms with Crippen molar-refractivity contribution in [3.05, 3.63) is 63.4 Å². The lowest BCUT2D eigenvalue weighted by molar-refractivity contribution is 1.14. The van der Waals surface area contributed by atoms with Crippen LogP contribution in [0, 0.1) is 11.3 Å². The lowest BCUT2D eigenvalue weighted by atomic mass is 10.2. The molecule has 0 unspecified atom stereocenters. The Kier molecular flexibility index (Phi) is 2.86. The number of benzene rings is 2. The maximum atomic E-state index is 12.3. The Labute approximate surface area is 118 Å². The number of hydrogen-bond acceptors (Lipinski definition) is 3. The van der Waals surface area contributed by atoms with E-state index in [0.717, 1.165) is 4.70 Å². The van der Waals surface area contributed by atoms with Gasteiger partial charge in [0.25, 0.3) is 5.56 Å². The zero-order valence-electron chi connectivity index (χ0n) is 9.63. The van der Waals surface area contributed by atoms with Gasteiger partial charge in [0.2, 0.25) is 0 Å². The molecule has 3 rings (SSSR count). The second-order valence-corrected chi connectivity index (χ2v) is 5.36. The summed E-state index contributed by atoms with van der Waals surface area (Å²) in [6.45, 7) is 0. The summed E-state index contributed by atoms with van der Waals surface area (Å²) >= 11 is 7.48. The lowest BCUT2D eigenvalue weighted by Gasteiger charge is -2.03. The van der Waals surface area contributed by atoms with Crippen molar-refractivity contribution in [3.63, 3.8) is 0 Å². The molecule has 0 saturated heterocycles. The Bertz CT molecular complexity index is 873. The van der Waals surface area contributed by atoms with E-state index in [0.29, 0.717) is 21.7 Å². The topological polar surface area (TPSA) is 45.8 Å². The van der Waals surface area contributed by atoms with E-state index in [4.69, 9.17) is 16.9 Å². The van der Waals surface area contributed by atoms with Crippen LogP contribution in [0.25, 0.3) is 15.8 Å². The molecule has 0 radical (unpaired) electrons. The normalized spacial score (nSPS) is 10.5. The standard InChI is InChI=1S/C14H7ClN2OS/c15-11-7-9(8-16)5-6-12(11)17-14(18)10-3-1-2-4-13(10)19-17/h1-7H. The first-order valence-electron chi connectivity index (χ1n) is 5.52. The van der Waals surface area contributed by atoms with Gasteiger partial charge in [-0.15, -0.1) is 0 Å². The van der Waals surface area contributed by atoms with Gasteiger partial charge in [0.1, 0.15) is 0 Å². The number of hydrogen-bond donors (Lipinski definition) is 0. The van der Waals surface area contributed by atoms with Crippen LogP contribution in [0.4, 0.5) is 0 Å². The molecule has 0 aliphatic carbocycles. The van der Waals surface area contributed by atoms with Crippen LogP contribution in [0.5, 0.6) is 0 Å². The number of rotatable bonds is 1. The molecule has 1 aromatic heterocycles. The Hall–Kier alpha value is -2.09. The van der Waals surface area contributed by atoms with Gasteiger partial charge >= 0.3 is 0 Å². The highest BCUT2D eigenvalue weighted by molar-refractivity contribution is 7.14. The predicted molar refractivity (Wildman–Crippen MR) is 77.1 cm³/mol. The monoisotopic (exact) mass is 286 g/mol. The molecule has 0 saturated carbocycles. The second kappa shape index (κ2) is 4.54. The second-order valence-electron chi connectivity index (χ2n) is 3.96. The van der Waals surface area contributed by atoms with Crippen molar-refractivity contribution in [3.8, 4) is 11.8 Å². The summed E-state index contributed by atoms with van der Waals surface area (Å²) in [6.07, 6.45) is 0. The molecule has 3 aromatic rings. The SMILES string of the molecule is N#Cc1ccc(-n2sc3ccccc3c2=O)c(Cl)c1. The molecule has 3 nitrogen and oxygen atoms in total. The zero-order valence-corrected chi connectivity index (χ0v) is 11.2. The van der Waals surface area contributed by atoms with Crippen LogP contribution < -0.4 is 5.56 Å². The van der Waals surface area contributed by atoms with Gasteiger partial charge in [0.05, 0.1) is 32.4 Å². The maximum absolute atomic E-state index is 12.3. The van der Waals surface area contributed by atoms with Crippen molar-refractivity contribution in [2.75, 3.05) is 0 Å². The average molecular weight is 287 g/mol. The molecule has 0 aliphatic rings. The minimum atomic E-state index is -0.0905. The fourth-order valence-corrected chi connectivity index (χ4v) is 3.22. The largest absolute Gasteiger partial charge is 0.273 e. The smallest absolute Gasteiger partial charge is 0.267 e. The molecule has 5 heteroatoms. The molecular weight excluding hydrogens is 280 g/mol. The predicted octanol–water partition coefficient (Wildman–Crippen LogP) is 3.58. The van der Waals surface area contributed by atoms with Gasteiger partial charge in [-0.05, 0) is 30.3 Å². The van der Waals surface area contributed by atoms with E-state index in [1.807, 2.05) is 24.3 Å². The van der Waals surface area contributed by atoms with Crippen molar-refractivity contribution < 1.29 is 0 Å². The zero-order chi connectivity index (χ0) is 13.4. The third kappa shape index (κ3) is 1.93. The Morgan fingerprint density at radius 3 is 2.68 bits per heavy atom. The van der Waals surface area contributed by atoms with Crippen LogP contribution in [-0.4, -0.2) is 3.96 Å². The Balaban J connectivity index is 2.28. The van der Waals surface area contributed by atoms with Gasteiger partial charge in [0, 0.05) is 0 Å². The van der Waals surface area contributed by atoms with Crippen molar-refractivity contribution in [1.29, 1.82) is 5.26 Å². The highest BCUT2D eigenvalue weighted by Gasteiger charge is 2.11.